The van der Waals surface area contributed by atoms with Crippen LogP contribution in [0.1, 0.15) is 31.2 Å². The van der Waals surface area contributed by atoms with E-state index in [0.717, 1.165) is 5.56 Å². The number of amides is 1. The van der Waals surface area contributed by atoms with Crippen molar-refractivity contribution in [3.05, 3.63) is 36.3 Å². The lowest BCUT2D eigenvalue weighted by molar-refractivity contribution is -0.116. The molecule has 1 saturated carbocycles. The Balaban J connectivity index is 1.50. The van der Waals surface area contributed by atoms with Crippen molar-refractivity contribution < 1.29 is 13.6 Å². The molecule has 2 unspecified atom stereocenters. The molecule has 2 atom stereocenters. The molecule has 2 heterocycles. The molecule has 1 aliphatic rings. The molecule has 0 bridgehead atoms. The summed E-state index contributed by atoms with van der Waals surface area (Å²) in [7, 11) is 0. The first-order valence-electron chi connectivity index (χ1n) is 8.49. The predicted octanol–water partition coefficient (Wildman–Crippen LogP) is 2.72. The first-order chi connectivity index (χ1) is 12.1. The molecule has 25 heavy (non-hydrogen) atoms. The van der Waals surface area contributed by atoms with Crippen LogP contribution in [0.15, 0.2) is 30.7 Å². The molecule has 2 aromatic heterocycles. The molecule has 1 fully saturated rings. The van der Waals surface area contributed by atoms with Gasteiger partial charge in [-0.05, 0) is 43.4 Å². The first kappa shape index (κ1) is 17.4. The Morgan fingerprint density at radius 1 is 1.24 bits per heavy atom. The number of hydrogen-bond donors (Lipinski definition) is 1. The molecule has 0 radical (unpaired) electrons. The summed E-state index contributed by atoms with van der Waals surface area (Å²) in [6.45, 7) is 0.127. The minimum absolute atomic E-state index is 0.127. The molecule has 6 nitrogen and oxygen atoms in total. The van der Waals surface area contributed by atoms with Crippen LogP contribution in [0.2, 0.25) is 0 Å². The molecule has 0 saturated heterocycles. The van der Waals surface area contributed by atoms with Crippen LogP contribution in [0, 0.1) is 5.92 Å². The highest BCUT2D eigenvalue weighted by Crippen LogP contribution is 2.30. The molecule has 1 N–H and O–H groups in total. The number of aryl methyl sites for hydroxylation is 1. The number of anilines is 1. The van der Waals surface area contributed by atoms with Crippen molar-refractivity contribution >= 4 is 11.7 Å². The molecule has 8 heteroatoms. The summed E-state index contributed by atoms with van der Waals surface area (Å²) < 4.78 is 29.2. The summed E-state index contributed by atoms with van der Waals surface area (Å²) in [5, 5.41) is 10.4. The number of aromatic nitrogens is 4. The van der Waals surface area contributed by atoms with Gasteiger partial charge in [-0.1, -0.05) is 5.21 Å². The Bertz CT molecular complexity index is 683. The van der Waals surface area contributed by atoms with Gasteiger partial charge in [0.15, 0.2) is 5.82 Å². The number of carbonyl (C=O) groups excluding carboxylic acids is 1. The maximum atomic E-state index is 13.9. The molecule has 0 aromatic carbocycles. The molecule has 1 aliphatic carbocycles. The van der Waals surface area contributed by atoms with Gasteiger partial charge in [0.05, 0.1) is 12.7 Å². The van der Waals surface area contributed by atoms with Gasteiger partial charge in [-0.25, -0.2) is 13.5 Å². The zero-order chi connectivity index (χ0) is 17.6. The Morgan fingerprint density at radius 3 is 2.68 bits per heavy atom. The highest BCUT2D eigenvalue weighted by Gasteiger charge is 2.34. The normalized spacial score (nSPS) is 23.4. The van der Waals surface area contributed by atoms with Crippen molar-refractivity contribution in [1.29, 1.82) is 0 Å². The number of pyridine rings is 1. The molecule has 3 rings (SSSR count). The van der Waals surface area contributed by atoms with Crippen molar-refractivity contribution in [2.45, 2.75) is 51.0 Å². The zero-order valence-corrected chi connectivity index (χ0v) is 13.8. The average Bonchev–Trinajstić information content (AvgIpc) is 3.04. The lowest BCUT2D eigenvalue weighted by Gasteiger charge is -2.28. The average molecular weight is 349 g/mol. The smallest absolute Gasteiger partial charge is 0.225 e. The summed E-state index contributed by atoms with van der Waals surface area (Å²) in [5.74, 6) is -0.597. The highest BCUT2D eigenvalue weighted by molar-refractivity contribution is 5.89. The van der Waals surface area contributed by atoms with E-state index in [4.69, 9.17) is 0 Å². The number of halogens is 2. The van der Waals surface area contributed by atoms with E-state index >= 15 is 0 Å². The molecule has 134 valence electrons. The van der Waals surface area contributed by atoms with Crippen molar-refractivity contribution in [2.75, 3.05) is 5.32 Å². The van der Waals surface area contributed by atoms with Crippen molar-refractivity contribution in [3.63, 3.8) is 0 Å². The summed E-state index contributed by atoms with van der Waals surface area (Å²) in [5.41, 5.74) is 1.02. The summed E-state index contributed by atoms with van der Waals surface area (Å²) in [4.78, 5) is 15.9. The van der Waals surface area contributed by atoms with Gasteiger partial charge in [-0.2, -0.15) is 0 Å². The van der Waals surface area contributed by atoms with Crippen LogP contribution in [-0.4, -0.2) is 38.2 Å². The van der Waals surface area contributed by atoms with Gasteiger partial charge in [-0.3, -0.25) is 9.78 Å². The van der Waals surface area contributed by atoms with E-state index < -0.39 is 18.3 Å². The van der Waals surface area contributed by atoms with Gasteiger partial charge in [0.1, 0.15) is 12.3 Å². The minimum atomic E-state index is -1.16. The molecular formula is C17H21F2N5O. The molecule has 1 amide bonds. The molecule has 0 spiro atoms. The second-order valence-corrected chi connectivity index (χ2v) is 6.36. The second kappa shape index (κ2) is 8.13. The second-order valence-electron chi connectivity index (χ2n) is 6.36. The van der Waals surface area contributed by atoms with Crippen LogP contribution >= 0.6 is 0 Å². The third-order valence-electron chi connectivity index (χ3n) is 4.48. The number of nitrogens with zero attached hydrogens (tertiary/aromatic N) is 4. The zero-order valence-electron chi connectivity index (χ0n) is 13.8. The van der Waals surface area contributed by atoms with Gasteiger partial charge in [-0.15, -0.1) is 5.10 Å². The predicted molar refractivity (Wildman–Crippen MR) is 88.3 cm³/mol. The van der Waals surface area contributed by atoms with E-state index in [1.807, 2.05) is 12.1 Å². The maximum Gasteiger partial charge on any atom is 0.225 e. The fourth-order valence-electron chi connectivity index (χ4n) is 3.06. The van der Waals surface area contributed by atoms with Crippen molar-refractivity contribution in [2.24, 2.45) is 5.92 Å². The maximum absolute atomic E-state index is 13.9. The van der Waals surface area contributed by atoms with Gasteiger partial charge in [0, 0.05) is 24.7 Å². The SMILES string of the molecule is O=C(CCc1ccncc1)Nc1cn(CC2C(F)CCCC2F)nn1. The van der Waals surface area contributed by atoms with Gasteiger partial charge >= 0.3 is 0 Å². The largest absolute Gasteiger partial charge is 0.308 e. The van der Waals surface area contributed by atoms with Crippen LogP contribution in [0.3, 0.4) is 0 Å². The van der Waals surface area contributed by atoms with Crippen LogP contribution in [-0.2, 0) is 17.8 Å². The van der Waals surface area contributed by atoms with E-state index in [1.54, 1.807) is 12.4 Å². The number of alkyl halides is 2. The van der Waals surface area contributed by atoms with E-state index in [2.05, 4.69) is 20.6 Å². The standard InChI is InChI=1S/C17H21F2N5O/c18-14-2-1-3-15(19)13(14)10-24-11-16(22-23-24)21-17(25)5-4-12-6-8-20-9-7-12/h6-9,11,13-15H,1-5,10H2,(H,21,25). The monoisotopic (exact) mass is 349 g/mol. The Hall–Kier alpha value is -2.38. The van der Waals surface area contributed by atoms with Gasteiger partial charge in [0.25, 0.3) is 0 Å². The van der Waals surface area contributed by atoms with Crippen LogP contribution < -0.4 is 5.32 Å². The Kier molecular flexibility index (Phi) is 5.67. The number of carbonyl (C=O) groups is 1. The minimum Gasteiger partial charge on any atom is -0.308 e. The van der Waals surface area contributed by atoms with Crippen molar-refractivity contribution in [1.82, 2.24) is 20.0 Å². The molecule has 0 aliphatic heterocycles. The number of hydrogen-bond acceptors (Lipinski definition) is 4. The van der Waals surface area contributed by atoms with Gasteiger partial charge in [0.2, 0.25) is 5.91 Å². The van der Waals surface area contributed by atoms with E-state index in [9.17, 15) is 13.6 Å². The fraction of sp³-hybridized carbons (Fsp3) is 0.529. The summed E-state index contributed by atoms with van der Waals surface area (Å²) in [6.07, 6.45) is 4.80. The lowest BCUT2D eigenvalue weighted by atomic mass is 9.86. The highest BCUT2D eigenvalue weighted by atomic mass is 19.1. The quantitative estimate of drug-likeness (QED) is 0.870. The van der Waals surface area contributed by atoms with E-state index in [0.29, 0.717) is 37.9 Å². The molecule has 2 aromatic rings. The van der Waals surface area contributed by atoms with Crippen LogP contribution in [0.4, 0.5) is 14.6 Å². The summed E-state index contributed by atoms with van der Waals surface area (Å²) >= 11 is 0. The first-order valence-corrected chi connectivity index (χ1v) is 8.49. The third-order valence-corrected chi connectivity index (χ3v) is 4.48. The van der Waals surface area contributed by atoms with Crippen molar-refractivity contribution in [3.8, 4) is 0 Å². The lowest BCUT2D eigenvalue weighted by Crippen LogP contribution is -2.34. The Labute approximate surface area is 144 Å². The van der Waals surface area contributed by atoms with E-state index in [-0.39, 0.29) is 12.5 Å². The summed E-state index contributed by atoms with van der Waals surface area (Å²) in [6, 6.07) is 3.71. The molecular weight excluding hydrogens is 328 g/mol. The van der Waals surface area contributed by atoms with E-state index in [1.165, 1.54) is 10.9 Å². The topological polar surface area (TPSA) is 72.7 Å². The van der Waals surface area contributed by atoms with Crippen LogP contribution in [0.5, 0.6) is 0 Å². The van der Waals surface area contributed by atoms with Crippen LogP contribution in [0.25, 0.3) is 0 Å². The fourth-order valence-corrected chi connectivity index (χ4v) is 3.06. The number of nitrogens with one attached hydrogen (secondary N) is 1. The van der Waals surface area contributed by atoms with Gasteiger partial charge < -0.3 is 5.32 Å². The number of rotatable bonds is 6. The Morgan fingerprint density at radius 2 is 1.96 bits per heavy atom. The third kappa shape index (κ3) is 4.80.